The summed E-state index contributed by atoms with van der Waals surface area (Å²) < 4.78 is 26.3. The number of hydrogen-bond acceptors (Lipinski definition) is 2. The zero-order valence-corrected chi connectivity index (χ0v) is 13.6. The van der Waals surface area contributed by atoms with Crippen LogP contribution in [0.2, 0.25) is 0 Å². The van der Waals surface area contributed by atoms with Gasteiger partial charge in [-0.3, -0.25) is 9.59 Å². The fourth-order valence-corrected chi connectivity index (χ4v) is 3.44. The molecule has 0 aromatic heterocycles. The zero-order chi connectivity index (χ0) is 17.2. The van der Waals surface area contributed by atoms with Crippen LogP contribution in [0.25, 0.3) is 0 Å². The minimum atomic E-state index is -2.67. The summed E-state index contributed by atoms with van der Waals surface area (Å²) in [5.41, 5.74) is 1.18. The number of piperidine rings is 1. The monoisotopic (exact) mass is 336 g/mol. The molecule has 2 fully saturated rings. The van der Waals surface area contributed by atoms with Gasteiger partial charge in [0.2, 0.25) is 11.8 Å². The summed E-state index contributed by atoms with van der Waals surface area (Å²) in [5, 5.41) is 0. The van der Waals surface area contributed by atoms with E-state index in [2.05, 4.69) is 0 Å². The molecule has 24 heavy (non-hydrogen) atoms. The van der Waals surface area contributed by atoms with Crippen LogP contribution in [-0.2, 0) is 16.0 Å². The van der Waals surface area contributed by atoms with E-state index in [1.54, 1.807) is 4.90 Å². The highest BCUT2D eigenvalue weighted by Gasteiger charge is 2.37. The molecule has 0 saturated carbocycles. The number of nitrogens with zero attached hydrogens (tertiary/aromatic N) is 2. The highest BCUT2D eigenvalue weighted by molar-refractivity contribution is 5.86. The highest BCUT2D eigenvalue weighted by Crippen LogP contribution is 2.28. The zero-order valence-electron chi connectivity index (χ0n) is 13.6. The van der Waals surface area contributed by atoms with Crippen molar-refractivity contribution in [3.63, 3.8) is 0 Å². The van der Waals surface area contributed by atoms with Crippen LogP contribution in [-0.4, -0.2) is 53.7 Å². The normalized spacial score (nSPS) is 23.6. The van der Waals surface area contributed by atoms with Crippen LogP contribution in [0.4, 0.5) is 8.78 Å². The van der Waals surface area contributed by atoms with Crippen molar-refractivity contribution in [1.29, 1.82) is 0 Å². The Balaban J connectivity index is 1.50. The fourth-order valence-electron chi connectivity index (χ4n) is 3.44. The van der Waals surface area contributed by atoms with E-state index in [0.717, 1.165) is 6.42 Å². The van der Waals surface area contributed by atoms with E-state index in [9.17, 15) is 18.4 Å². The van der Waals surface area contributed by atoms with E-state index < -0.39 is 5.92 Å². The number of rotatable bonds is 4. The molecule has 0 radical (unpaired) electrons. The maximum atomic E-state index is 13.2. The Morgan fingerprint density at radius 1 is 1.17 bits per heavy atom. The van der Waals surface area contributed by atoms with Gasteiger partial charge in [0.1, 0.15) is 0 Å². The summed E-state index contributed by atoms with van der Waals surface area (Å²) in [5.74, 6) is -2.70. The van der Waals surface area contributed by atoms with Crippen LogP contribution >= 0.6 is 0 Å². The molecule has 0 spiro atoms. The first kappa shape index (κ1) is 16.9. The molecule has 6 heteroatoms. The number of carbonyl (C=O) groups excluding carboxylic acids is 2. The second-order valence-corrected chi connectivity index (χ2v) is 6.77. The second kappa shape index (κ2) is 6.87. The molecule has 1 aromatic rings. The summed E-state index contributed by atoms with van der Waals surface area (Å²) in [4.78, 5) is 27.4. The lowest BCUT2D eigenvalue weighted by atomic mass is 9.99. The Kier molecular flexibility index (Phi) is 4.83. The molecule has 4 nitrogen and oxygen atoms in total. The Hall–Kier alpha value is -1.98. The maximum Gasteiger partial charge on any atom is 0.251 e. The van der Waals surface area contributed by atoms with Gasteiger partial charge in [0, 0.05) is 38.9 Å². The van der Waals surface area contributed by atoms with Crippen LogP contribution < -0.4 is 0 Å². The number of likely N-dealkylation sites (tertiary alicyclic amines) is 2. The summed E-state index contributed by atoms with van der Waals surface area (Å²) in [6, 6.07) is 9.97. The van der Waals surface area contributed by atoms with Gasteiger partial charge in [0.05, 0.1) is 6.54 Å². The first-order valence-corrected chi connectivity index (χ1v) is 8.40. The lowest BCUT2D eigenvalue weighted by Crippen LogP contribution is -2.47. The molecular weight excluding hydrogens is 314 g/mol. The molecule has 0 N–H and O–H groups in total. The van der Waals surface area contributed by atoms with E-state index in [1.807, 2.05) is 30.3 Å². The molecule has 1 aromatic carbocycles. The second-order valence-electron chi connectivity index (χ2n) is 6.77. The van der Waals surface area contributed by atoms with Crippen molar-refractivity contribution in [2.45, 2.75) is 31.6 Å². The fraction of sp³-hybridized carbons (Fsp3) is 0.556. The molecule has 0 bridgehead atoms. The SMILES string of the molecule is O=C(CN1C[C@H](Cc2ccccc2)CC1=O)N1CCC(F)(F)CC1. The average molecular weight is 336 g/mol. The van der Waals surface area contributed by atoms with Gasteiger partial charge in [-0.05, 0) is 17.9 Å². The standard InChI is InChI=1S/C18H22F2N2O2/c19-18(20)6-8-21(9-7-18)17(24)13-22-12-15(11-16(22)23)10-14-4-2-1-3-5-14/h1-5,15H,6-13H2/t15-/m1/s1. The average Bonchev–Trinajstić information content (AvgIpc) is 2.87. The predicted molar refractivity (Wildman–Crippen MR) is 85.6 cm³/mol. The van der Waals surface area contributed by atoms with Gasteiger partial charge in [-0.15, -0.1) is 0 Å². The number of halogens is 2. The van der Waals surface area contributed by atoms with Crippen LogP contribution in [0, 0.1) is 5.92 Å². The largest absolute Gasteiger partial charge is 0.341 e. The smallest absolute Gasteiger partial charge is 0.251 e. The van der Waals surface area contributed by atoms with Gasteiger partial charge in [0.25, 0.3) is 5.92 Å². The first-order chi connectivity index (χ1) is 11.4. The minimum absolute atomic E-state index is 0.00962. The minimum Gasteiger partial charge on any atom is -0.341 e. The van der Waals surface area contributed by atoms with E-state index in [-0.39, 0.29) is 50.2 Å². The molecule has 2 saturated heterocycles. The summed E-state index contributed by atoms with van der Waals surface area (Å²) in [6.07, 6.45) is 0.681. The van der Waals surface area contributed by atoms with Crippen LogP contribution in [0.3, 0.4) is 0 Å². The Labute approximate surface area is 140 Å². The first-order valence-electron chi connectivity index (χ1n) is 8.40. The predicted octanol–water partition coefficient (Wildman–Crippen LogP) is 2.34. The van der Waals surface area contributed by atoms with Gasteiger partial charge < -0.3 is 9.80 Å². The van der Waals surface area contributed by atoms with Crippen molar-refractivity contribution in [3.8, 4) is 0 Å². The van der Waals surface area contributed by atoms with Crippen molar-refractivity contribution in [2.24, 2.45) is 5.92 Å². The molecule has 2 aliphatic heterocycles. The van der Waals surface area contributed by atoms with Crippen molar-refractivity contribution < 1.29 is 18.4 Å². The van der Waals surface area contributed by atoms with E-state index in [4.69, 9.17) is 0 Å². The molecule has 0 unspecified atom stereocenters. The Morgan fingerprint density at radius 2 is 1.83 bits per heavy atom. The Bertz CT molecular complexity index is 596. The van der Waals surface area contributed by atoms with Crippen LogP contribution in [0.15, 0.2) is 30.3 Å². The third-order valence-electron chi connectivity index (χ3n) is 4.84. The lowest BCUT2D eigenvalue weighted by Gasteiger charge is -2.32. The summed E-state index contributed by atoms with van der Waals surface area (Å²) in [7, 11) is 0. The quantitative estimate of drug-likeness (QED) is 0.847. The third kappa shape index (κ3) is 4.10. The molecular formula is C18H22F2N2O2. The van der Waals surface area contributed by atoms with Gasteiger partial charge in [-0.25, -0.2) is 8.78 Å². The van der Waals surface area contributed by atoms with E-state index in [0.29, 0.717) is 13.0 Å². The maximum absolute atomic E-state index is 13.2. The van der Waals surface area contributed by atoms with E-state index >= 15 is 0 Å². The highest BCUT2D eigenvalue weighted by atomic mass is 19.3. The van der Waals surface area contributed by atoms with Crippen LogP contribution in [0.1, 0.15) is 24.8 Å². The topological polar surface area (TPSA) is 40.6 Å². The number of alkyl halides is 2. The molecule has 130 valence electrons. The number of hydrogen-bond donors (Lipinski definition) is 0. The molecule has 2 amide bonds. The van der Waals surface area contributed by atoms with E-state index in [1.165, 1.54) is 10.5 Å². The van der Waals surface area contributed by atoms with Gasteiger partial charge >= 0.3 is 0 Å². The van der Waals surface area contributed by atoms with Crippen LogP contribution in [0.5, 0.6) is 0 Å². The van der Waals surface area contributed by atoms with Crippen molar-refractivity contribution in [1.82, 2.24) is 9.80 Å². The third-order valence-corrected chi connectivity index (χ3v) is 4.84. The van der Waals surface area contributed by atoms with Crippen molar-refractivity contribution >= 4 is 11.8 Å². The molecule has 2 aliphatic rings. The number of amides is 2. The molecule has 1 atom stereocenters. The number of carbonyl (C=O) groups is 2. The lowest BCUT2D eigenvalue weighted by molar-refractivity contribution is -0.142. The van der Waals surface area contributed by atoms with Crippen molar-refractivity contribution in [2.75, 3.05) is 26.2 Å². The molecule has 0 aliphatic carbocycles. The number of benzene rings is 1. The Morgan fingerprint density at radius 3 is 2.50 bits per heavy atom. The van der Waals surface area contributed by atoms with Gasteiger partial charge in [-0.2, -0.15) is 0 Å². The van der Waals surface area contributed by atoms with Crippen molar-refractivity contribution in [3.05, 3.63) is 35.9 Å². The van der Waals surface area contributed by atoms with Gasteiger partial charge in [-0.1, -0.05) is 30.3 Å². The molecule has 2 heterocycles. The van der Waals surface area contributed by atoms with Gasteiger partial charge in [0.15, 0.2) is 0 Å². The molecule has 3 rings (SSSR count). The summed E-state index contributed by atoms with van der Waals surface area (Å²) >= 11 is 0. The summed E-state index contributed by atoms with van der Waals surface area (Å²) in [6.45, 7) is 0.710.